The molecule has 0 spiro atoms. The number of hydrogen-bond donors (Lipinski definition) is 3. The number of carbonyl (C=O) groups is 1. The second-order valence-corrected chi connectivity index (χ2v) is 4.71. The van der Waals surface area contributed by atoms with Crippen LogP contribution in [-0.2, 0) is 0 Å². The number of nitrogens with zero attached hydrogens (tertiary/aromatic N) is 1. The third-order valence-electron chi connectivity index (χ3n) is 3.37. The van der Waals surface area contributed by atoms with E-state index in [1.807, 2.05) is 0 Å². The van der Waals surface area contributed by atoms with Gasteiger partial charge in [-0.3, -0.25) is 14.4 Å². The number of hydrogen-bond acceptors (Lipinski definition) is 4. The van der Waals surface area contributed by atoms with Gasteiger partial charge in [-0.2, -0.15) is 0 Å². The van der Waals surface area contributed by atoms with Gasteiger partial charge in [0.2, 0.25) is 0 Å². The number of fused-ring (bicyclic) bond motifs is 1. The molecule has 104 valence electrons. The smallest absolute Gasteiger partial charge is 0.314 e. The maximum Gasteiger partial charge on any atom is 0.314 e. The predicted molar refractivity (Wildman–Crippen MR) is 74.0 cm³/mol. The van der Waals surface area contributed by atoms with E-state index in [-0.39, 0.29) is 5.91 Å². The predicted octanol–water partition coefficient (Wildman–Crippen LogP) is -0.738. The summed E-state index contributed by atoms with van der Waals surface area (Å²) in [5.74, 6) is -0.0690. The molecular formula is C13H14N4O3. The largest absolute Gasteiger partial charge is 0.336 e. The van der Waals surface area contributed by atoms with Crippen LogP contribution in [0.1, 0.15) is 10.4 Å². The molecule has 2 heterocycles. The molecule has 3 N–H and O–H groups in total. The van der Waals surface area contributed by atoms with Crippen molar-refractivity contribution in [1.29, 1.82) is 0 Å². The summed E-state index contributed by atoms with van der Waals surface area (Å²) < 4.78 is 0. The lowest BCUT2D eigenvalue weighted by atomic mass is 10.1. The maximum atomic E-state index is 12.3. The topological polar surface area (TPSA) is 98.1 Å². The molecule has 20 heavy (non-hydrogen) atoms. The molecule has 1 fully saturated rings. The van der Waals surface area contributed by atoms with E-state index in [1.165, 1.54) is 0 Å². The minimum atomic E-state index is -0.718. The highest BCUT2D eigenvalue weighted by Gasteiger charge is 2.18. The zero-order valence-corrected chi connectivity index (χ0v) is 10.7. The van der Waals surface area contributed by atoms with Crippen LogP contribution in [0.5, 0.6) is 0 Å². The van der Waals surface area contributed by atoms with Gasteiger partial charge in [-0.25, -0.2) is 0 Å². The van der Waals surface area contributed by atoms with Gasteiger partial charge in [0.15, 0.2) is 0 Å². The third-order valence-corrected chi connectivity index (χ3v) is 3.37. The molecule has 1 aromatic heterocycles. The highest BCUT2D eigenvalue weighted by molar-refractivity contribution is 5.97. The van der Waals surface area contributed by atoms with Crippen LogP contribution in [0.4, 0.5) is 0 Å². The second-order valence-electron chi connectivity index (χ2n) is 4.71. The van der Waals surface area contributed by atoms with Crippen LogP contribution in [0.15, 0.2) is 27.8 Å². The van der Waals surface area contributed by atoms with Gasteiger partial charge in [-0.15, -0.1) is 0 Å². The summed E-state index contributed by atoms with van der Waals surface area (Å²) in [5.41, 5.74) is 0.0482. The minimum absolute atomic E-state index is 0.0690. The van der Waals surface area contributed by atoms with Crippen molar-refractivity contribution in [3.05, 3.63) is 44.5 Å². The minimum Gasteiger partial charge on any atom is -0.336 e. The Hall–Kier alpha value is -2.41. The van der Waals surface area contributed by atoms with Crippen LogP contribution in [0.3, 0.4) is 0 Å². The number of H-pyrrole nitrogens is 2. The van der Waals surface area contributed by atoms with Crippen molar-refractivity contribution >= 4 is 16.9 Å². The number of aromatic amines is 2. The summed E-state index contributed by atoms with van der Waals surface area (Å²) in [7, 11) is 0. The van der Waals surface area contributed by atoms with Gasteiger partial charge in [0, 0.05) is 31.7 Å². The zero-order chi connectivity index (χ0) is 14.1. The van der Waals surface area contributed by atoms with Gasteiger partial charge in [0.1, 0.15) is 0 Å². The third kappa shape index (κ3) is 2.23. The van der Waals surface area contributed by atoms with Crippen molar-refractivity contribution in [2.45, 2.75) is 0 Å². The van der Waals surface area contributed by atoms with Crippen molar-refractivity contribution in [3.8, 4) is 0 Å². The van der Waals surface area contributed by atoms with Crippen LogP contribution in [-0.4, -0.2) is 47.0 Å². The molecule has 1 aromatic carbocycles. The summed E-state index contributed by atoms with van der Waals surface area (Å²) in [6.45, 7) is 2.89. The molecule has 1 amide bonds. The molecule has 0 bridgehead atoms. The Morgan fingerprint density at radius 1 is 1.00 bits per heavy atom. The summed E-state index contributed by atoms with van der Waals surface area (Å²) in [6.07, 6.45) is 0. The molecule has 0 aliphatic carbocycles. The number of carbonyl (C=O) groups excluding carboxylic acids is 1. The average Bonchev–Trinajstić information content (AvgIpc) is 2.48. The van der Waals surface area contributed by atoms with Gasteiger partial charge >= 0.3 is 11.1 Å². The number of aromatic nitrogens is 2. The lowest BCUT2D eigenvalue weighted by molar-refractivity contribution is 0.0736. The average molecular weight is 274 g/mol. The van der Waals surface area contributed by atoms with Gasteiger partial charge in [-0.1, -0.05) is 0 Å². The van der Waals surface area contributed by atoms with E-state index >= 15 is 0 Å². The second kappa shape index (κ2) is 4.93. The van der Waals surface area contributed by atoms with Gasteiger partial charge < -0.3 is 20.2 Å². The number of nitrogens with one attached hydrogen (secondary N) is 3. The molecule has 7 nitrogen and oxygen atoms in total. The van der Waals surface area contributed by atoms with Crippen molar-refractivity contribution in [1.82, 2.24) is 20.2 Å². The fourth-order valence-corrected chi connectivity index (χ4v) is 2.30. The number of rotatable bonds is 1. The number of piperazine rings is 1. The number of amides is 1. The Kier molecular flexibility index (Phi) is 3.11. The molecule has 0 unspecified atom stereocenters. The molecule has 1 saturated heterocycles. The highest BCUT2D eigenvalue weighted by Crippen LogP contribution is 2.12. The Labute approximate surface area is 113 Å². The number of benzene rings is 1. The van der Waals surface area contributed by atoms with Crippen LogP contribution >= 0.6 is 0 Å². The first-order valence-corrected chi connectivity index (χ1v) is 6.41. The van der Waals surface area contributed by atoms with E-state index in [2.05, 4.69) is 15.3 Å². The van der Waals surface area contributed by atoms with Crippen molar-refractivity contribution in [2.75, 3.05) is 26.2 Å². The zero-order valence-electron chi connectivity index (χ0n) is 10.7. The van der Waals surface area contributed by atoms with Crippen molar-refractivity contribution < 1.29 is 4.79 Å². The van der Waals surface area contributed by atoms with Crippen molar-refractivity contribution in [2.24, 2.45) is 0 Å². The Balaban J connectivity index is 1.99. The molecular weight excluding hydrogens is 260 g/mol. The summed E-state index contributed by atoms with van der Waals surface area (Å²) in [6, 6.07) is 4.88. The summed E-state index contributed by atoms with van der Waals surface area (Å²) in [5, 5.41) is 3.18. The summed E-state index contributed by atoms with van der Waals surface area (Å²) in [4.78, 5) is 41.6. The maximum absolute atomic E-state index is 12.3. The first-order valence-electron chi connectivity index (χ1n) is 6.41. The molecule has 1 aliphatic heterocycles. The molecule has 0 radical (unpaired) electrons. The quantitative estimate of drug-likeness (QED) is 0.597. The fraction of sp³-hybridized carbons (Fsp3) is 0.308. The van der Waals surface area contributed by atoms with E-state index in [1.54, 1.807) is 23.1 Å². The van der Waals surface area contributed by atoms with E-state index in [9.17, 15) is 14.4 Å². The standard InChI is InChI=1S/C13H14N4O3/c18-11-12(19)16-10-7-8(1-2-9(10)15-11)13(20)17-5-3-14-4-6-17/h1-2,7,14H,3-6H2,(H,15,18)(H,16,19). The lowest BCUT2D eigenvalue weighted by Crippen LogP contribution is -2.46. The van der Waals surface area contributed by atoms with Crippen LogP contribution in [0.2, 0.25) is 0 Å². The summed E-state index contributed by atoms with van der Waals surface area (Å²) >= 11 is 0. The monoisotopic (exact) mass is 274 g/mol. The molecule has 3 rings (SSSR count). The van der Waals surface area contributed by atoms with Gasteiger partial charge in [0.25, 0.3) is 5.91 Å². The highest BCUT2D eigenvalue weighted by atomic mass is 16.2. The molecule has 0 atom stereocenters. The van der Waals surface area contributed by atoms with Crippen LogP contribution < -0.4 is 16.4 Å². The molecule has 2 aromatic rings. The Morgan fingerprint density at radius 3 is 2.35 bits per heavy atom. The van der Waals surface area contributed by atoms with E-state index < -0.39 is 11.1 Å². The Bertz CT molecular complexity index is 771. The fourth-order valence-electron chi connectivity index (χ4n) is 2.30. The lowest BCUT2D eigenvalue weighted by Gasteiger charge is -2.27. The normalized spacial score (nSPS) is 15.5. The first kappa shape index (κ1) is 12.6. The van der Waals surface area contributed by atoms with Gasteiger partial charge in [0.05, 0.1) is 11.0 Å². The first-order chi connectivity index (χ1) is 9.65. The van der Waals surface area contributed by atoms with E-state index in [0.29, 0.717) is 29.7 Å². The van der Waals surface area contributed by atoms with Crippen molar-refractivity contribution in [3.63, 3.8) is 0 Å². The van der Waals surface area contributed by atoms with Gasteiger partial charge in [-0.05, 0) is 18.2 Å². The SMILES string of the molecule is O=C(c1ccc2[nH]c(=O)c(=O)[nH]c2c1)N1CCNCC1. The molecule has 0 saturated carbocycles. The van der Waals surface area contributed by atoms with E-state index in [0.717, 1.165) is 13.1 Å². The van der Waals surface area contributed by atoms with Crippen LogP contribution in [0.25, 0.3) is 11.0 Å². The molecule has 1 aliphatic rings. The van der Waals surface area contributed by atoms with Crippen LogP contribution in [0, 0.1) is 0 Å². The molecule has 7 heteroatoms. The Morgan fingerprint density at radius 2 is 1.65 bits per heavy atom. The van der Waals surface area contributed by atoms with E-state index in [4.69, 9.17) is 0 Å².